The van der Waals surface area contributed by atoms with E-state index in [2.05, 4.69) is 68.5 Å². The predicted octanol–water partition coefficient (Wildman–Crippen LogP) is -4.44. The van der Waals surface area contributed by atoms with Crippen molar-refractivity contribution in [3.05, 3.63) is 35.9 Å². The fourth-order valence-electron chi connectivity index (χ4n) is 12.3. The van der Waals surface area contributed by atoms with Crippen molar-refractivity contribution in [2.24, 2.45) is 85.4 Å². The van der Waals surface area contributed by atoms with Crippen LogP contribution < -0.4 is 104 Å². The van der Waals surface area contributed by atoms with Crippen LogP contribution in [0.4, 0.5) is 0 Å². The summed E-state index contributed by atoms with van der Waals surface area (Å²) >= 11 is 0. The molecule has 1 saturated heterocycles. The smallest absolute Gasteiger partial charge is 0.305 e. The zero-order valence-corrected chi connectivity index (χ0v) is 67.0. The van der Waals surface area contributed by atoms with Gasteiger partial charge in [-0.1, -0.05) is 112 Å². The molecular weight excluding hydrogens is 1470 g/mol. The van der Waals surface area contributed by atoms with Crippen LogP contribution in [0.1, 0.15) is 184 Å². The number of unbranched alkanes of at least 4 members (excludes halogenated alkanes) is 1. The average Bonchev–Trinajstić information content (AvgIpc) is 1.68. The third kappa shape index (κ3) is 36.8. The first-order valence-electron chi connectivity index (χ1n) is 38.8. The van der Waals surface area contributed by atoms with E-state index in [-0.39, 0.29) is 114 Å². The Balaban J connectivity index is 2.53. The van der Waals surface area contributed by atoms with Gasteiger partial charge in [-0.3, -0.25) is 81.9 Å². The average molecular weight is 1600 g/mol. The van der Waals surface area contributed by atoms with Gasteiger partial charge in [0.05, 0.1) is 19.1 Å². The molecule has 0 bridgehead atoms. The summed E-state index contributed by atoms with van der Waals surface area (Å²) in [5, 5.41) is 49.1. The molecule has 29 N–H and O–H groups in total. The maximum Gasteiger partial charge on any atom is 0.305 e. The molecule has 14 amide bonds. The van der Waals surface area contributed by atoms with E-state index in [0.717, 1.165) is 0 Å². The van der Waals surface area contributed by atoms with E-state index in [1.165, 1.54) is 4.90 Å². The van der Waals surface area contributed by atoms with Gasteiger partial charge < -0.3 is 119 Å². The minimum atomic E-state index is -2.03. The lowest BCUT2D eigenvalue weighted by molar-refractivity contribution is -0.144. The quantitative estimate of drug-likeness (QED) is 0.0166. The Kier molecular flexibility index (Phi) is 44.9. The zero-order chi connectivity index (χ0) is 85.4. The molecule has 39 nitrogen and oxygen atoms in total. The number of amides is 14. The lowest BCUT2D eigenvalue weighted by atomic mass is 9.95. The number of primary amides is 2. The number of rotatable bonds is 54. The number of aliphatic hydroxyl groups excluding tert-OH is 1. The predicted molar refractivity (Wildman–Crippen MR) is 421 cm³/mol. The van der Waals surface area contributed by atoms with Crippen LogP contribution in [0.25, 0.3) is 0 Å². The summed E-state index contributed by atoms with van der Waals surface area (Å²) in [6.07, 6.45) is 0.253. The van der Waals surface area contributed by atoms with Gasteiger partial charge in [0, 0.05) is 32.5 Å². The monoisotopic (exact) mass is 1600 g/mol. The van der Waals surface area contributed by atoms with Crippen molar-refractivity contribution in [2.45, 2.75) is 263 Å². The maximum atomic E-state index is 15.0. The Morgan fingerprint density at radius 2 is 0.894 bits per heavy atom. The number of guanidine groups is 2. The molecule has 39 heteroatoms. The molecule has 0 radical (unpaired) electrons. The molecule has 1 aliphatic heterocycles. The van der Waals surface area contributed by atoms with Gasteiger partial charge in [-0.05, 0) is 125 Å². The highest BCUT2D eigenvalue weighted by Gasteiger charge is 2.43. The van der Waals surface area contributed by atoms with Crippen LogP contribution in [0, 0.1) is 29.6 Å². The number of nitrogens with one attached hydrogen (secondary N) is 11. The van der Waals surface area contributed by atoms with Crippen molar-refractivity contribution in [1.82, 2.24) is 63.4 Å². The lowest BCUT2D eigenvalue weighted by Gasteiger charge is -2.33. The SMILES string of the molecule is CC[C@H](C)[C@H](NC(=O)[C@@H](N)CCCN=C(N)N)C(=O)N[C@@H](CCCCN)C(=O)N[C@H](C(=O)N1CCC[C@@H]1C(=O)N[C@@H](CC(C)C)C(=O)N[C@@H](Cc1ccccc1)C(=O)N[C@@H](CC(=O)O)C(=O)N[C@@H](CCC(N)=O)C(=O)N[C@@H](CC(C)C)C(=O)N[C@@H](CO)C(=O)N[C@@H](CCCN=C(N)N)C(=O)N[C@@H](CC(C)C)C(N)=O)[C@@H](C)CC. The molecule has 1 aromatic rings. The summed E-state index contributed by atoms with van der Waals surface area (Å²) in [7, 11) is 0. The normalized spacial score (nSPS) is 16.3. The Hall–Kier alpha value is -10.3. The molecule has 0 unspecified atom stereocenters. The van der Waals surface area contributed by atoms with Crippen LogP contribution in [-0.2, 0) is 78.3 Å². The molecule has 1 heterocycles. The summed E-state index contributed by atoms with van der Waals surface area (Å²) in [4.78, 5) is 218. The van der Waals surface area contributed by atoms with Crippen LogP contribution in [0.15, 0.2) is 40.3 Å². The van der Waals surface area contributed by atoms with Gasteiger partial charge >= 0.3 is 5.97 Å². The first-order valence-corrected chi connectivity index (χ1v) is 38.8. The second-order valence-corrected chi connectivity index (χ2v) is 30.0. The molecule has 15 atom stereocenters. The van der Waals surface area contributed by atoms with E-state index in [1.54, 1.807) is 92.6 Å². The molecule has 1 fully saturated rings. The molecule has 1 aromatic carbocycles. The summed E-state index contributed by atoms with van der Waals surface area (Å²) in [6.45, 7) is 17.1. The van der Waals surface area contributed by atoms with Gasteiger partial charge in [0.2, 0.25) is 82.7 Å². The number of aliphatic imine (C=N–C) groups is 2. The fraction of sp³-hybridized carbons (Fsp3) is 0.689. The molecule has 0 aromatic heterocycles. The molecule has 1 aliphatic rings. The summed E-state index contributed by atoms with van der Waals surface area (Å²) in [5.41, 5.74) is 45.3. The molecular formula is C74H128N22O17. The largest absolute Gasteiger partial charge is 0.481 e. The van der Waals surface area contributed by atoms with E-state index in [9.17, 15) is 82.1 Å². The number of carbonyl (C=O) groups excluding carboxylic acids is 14. The van der Waals surface area contributed by atoms with E-state index >= 15 is 0 Å². The van der Waals surface area contributed by atoms with Crippen molar-refractivity contribution >= 4 is 101 Å². The van der Waals surface area contributed by atoms with Gasteiger partial charge in [-0.15, -0.1) is 0 Å². The number of likely N-dealkylation sites (tertiary alicyclic amines) is 1. The van der Waals surface area contributed by atoms with Gasteiger partial charge in [0.1, 0.15) is 72.5 Å². The van der Waals surface area contributed by atoms with E-state index < -0.39 is 205 Å². The Morgan fingerprint density at radius 1 is 0.478 bits per heavy atom. The Bertz CT molecular complexity index is 3370. The summed E-state index contributed by atoms with van der Waals surface area (Å²) < 4.78 is 0. The third-order valence-electron chi connectivity index (χ3n) is 19.0. The number of aliphatic hydroxyl groups is 1. The van der Waals surface area contributed by atoms with Crippen molar-refractivity contribution < 1.29 is 82.1 Å². The number of benzene rings is 1. The third-order valence-corrected chi connectivity index (χ3v) is 19.0. The van der Waals surface area contributed by atoms with Crippen molar-refractivity contribution in [3.63, 3.8) is 0 Å². The summed E-state index contributed by atoms with van der Waals surface area (Å²) in [6, 6.07) is -10.3. The van der Waals surface area contributed by atoms with Crippen molar-refractivity contribution in [3.8, 4) is 0 Å². The molecule has 0 aliphatic carbocycles. The number of carboxylic acid groups (broad SMARTS) is 1. The molecule has 2 rings (SSSR count). The number of carbonyl (C=O) groups is 15. The highest BCUT2D eigenvalue weighted by Crippen LogP contribution is 2.24. The first kappa shape index (κ1) is 98.8. The molecule has 636 valence electrons. The standard InChI is InChI=1S/C74H128N22O17/c1-11-42(9)58(94-61(102)45(76)23-18-30-83-73(79)80)71(112)87-46(24-16-17-29-75)64(105)95-59(43(10)12-2)72(113)96-32-20-26-55(96)70(111)92-51(35-41(7)8)65(106)90-52(36-44-21-14-13-15-22-44)67(108)91-53(37-57(99)100)68(109)86-48(27-28-56(77)98)63(104)89-50(34-40(5)6)66(107)93-54(38-97)69(110)85-47(25-19-31-84-74(81)82)62(103)88-49(60(78)101)33-39(3)4/h13-15,21-22,39-43,45-55,58-59,97H,11-12,16-20,23-38,75-76H2,1-10H3,(H2,77,98)(H2,78,101)(H,85,110)(H,86,109)(H,87,112)(H,88,103)(H,89,104)(H,90,106)(H,91,108)(H,92,111)(H,93,107)(H,94,102)(H,95,105)(H,99,100)(H4,79,80,83)(H4,81,82,84)/t42-,43-,45-,46-,47-,48-,49-,50-,51-,52-,53-,54-,55+,58-,59-/m0/s1. The van der Waals surface area contributed by atoms with Gasteiger partial charge in [-0.25, -0.2) is 0 Å². The highest BCUT2D eigenvalue weighted by atomic mass is 16.4. The van der Waals surface area contributed by atoms with E-state index in [1.807, 2.05) is 6.92 Å². The van der Waals surface area contributed by atoms with Crippen LogP contribution in [0.5, 0.6) is 0 Å². The van der Waals surface area contributed by atoms with Crippen LogP contribution >= 0.6 is 0 Å². The highest BCUT2D eigenvalue weighted by molar-refractivity contribution is 6.01. The maximum absolute atomic E-state index is 15.0. The van der Waals surface area contributed by atoms with Gasteiger partial charge in [0.15, 0.2) is 11.9 Å². The Morgan fingerprint density at radius 3 is 1.40 bits per heavy atom. The van der Waals surface area contributed by atoms with Crippen molar-refractivity contribution in [2.75, 3.05) is 32.8 Å². The van der Waals surface area contributed by atoms with Crippen LogP contribution in [0.3, 0.4) is 0 Å². The minimum absolute atomic E-state index is 0.0183. The Labute approximate surface area is 661 Å². The van der Waals surface area contributed by atoms with Gasteiger partial charge in [-0.2, -0.15) is 0 Å². The number of aliphatic carboxylic acids is 1. The van der Waals surface area contributed by atoms with E-state index in [4.69, 9.17) is 45.9 Å². The van der Waals surface area contributed by atoms with Crippen LogP contribution in [0.2, 0.25) is 0 Å². The zero-order valence-electron chi connectivity index (χ0n) is 67.0. The molecule has 113 heavy (non-hydrogen) atoms. The van der Waals surface area contributed by atoms with E-state index in [0.29, 0.717) is 44.1 Å². The topological polar surface area (TPSA) is 665 Å². The summed E-state index contributed by atoms with van der Waals surface area (Å²) in [5.74, 6) is -16.3. The van der Waals surface area contributed by atoms with Gasteiger partial charge in [0.25, 0.3) is 0 Å². The fourth-order valence-corrected chi connectivity index (χ4v) is 12.3. The second kappa shape index (κ2) is 51.4. The number of nitrogens with zero attached hydrogens (tertiary/aromatic N) is 3. The van der Waals surface area contributed by atoms with Crippen molar-refractivity contribution in [1.29, 1.82) is 0 Å². The minimum Gasteiger partial charge on any atom is -0.481 e. The van der Waals surface area contributed by atoms with Crippen LogP contribution in [-0.4, -0.2) is 227 Å². The second-order valence-electron chi connectivity index (χ2n) is 30.0. The number of hydrogen-bond acceptors (Lipinski definition) is 20. The lowest BCUT2D eigenvalue weighted by Crippen LogP contribution is -2.62. The molecule has 0 saturated carbocycles. The number of hydrogen-bond donors (Lipinski definition) is 21. The number of nitrogens with two attached hydrogens (primary N) is 8. The first-order chi connectivity index (χ1) is 53.2. The number of carboxylic acids is 1. The molecule has 0 spiro atoms.